The van der Waals surface area contributed by atoms with E-state index in [4.69, 9.17) is 20.7 Å². The largest absolute Gasteiger partial charge is 0.506 e. The average molecular weight is 319 g/mol. The van der Waals surface area contributed by atoms with Crippen LogP contribution in [-0.2, 0) is 14.3 Å². The van der Waals surface area contributed by atoms with Gasteiger partial charge in [-0.05, 0) is 40.0 Å². The normalized spacial score (nSPS) is 26.1. The Morgan fingerprint density at radius 3 is 2.14 bits per heavy atom. The first-order chi connectivity index (χ1) is 9.85. The quantitative estimate of drug-likeness (QED) is 0.660. The first-order valence-electron chi connectivity index (χ1n) is 7.34. The standard InChI is InChI=1S/C8H14O3.C7H15NO3/c1-5-4-8(5,3)6(2)11-7(9)10;1-5(8)6(10)11-7(2,3)4-9/h5-6H,4H2,1-3H3,(H,9,10);5,9H,4,8H2,1-3H3. The zero-order valence-electron chi connectivity index (χ0n) is 14.3. The summed E-state index contributed by atoms with van der Waals surface area (Å²) in [6.45, 7) is 10.6. The molecular weight excluding hydrogens is 290 g/mol. The van der Waals surface area contributed by atoms with Crippen molar-refractivity contribution < 1.29 is 29.3 Å². The second-order valence-electron chi connectivity index (χ2n) is 6.76. The summed E-state index contributed by atoms with van der Waals surface area (Å²) in [5.74, 6) is 0.0981. The molecule has 0 aromatic carbocycles. The second-order valence-corrected chi connectivity index (χ2v) is 6.76. The Kier molecular flexibility index (Phi) is 7.31. The van der Waals surface area contributed by atoms with Crippen molar-refractivity contribution >= 4 is 12.1 Å². The Morgan fingerprint density at radius 1 is 1.41 bits per heavy atom. The third-order valence-electron chi connectivity index (χ3n) is 4.05. The van der Waals surface area contributed by atoms with Crippen molar-refractivity contribution in [2.24, 2.45) is 17.1 Å². The molecule has 0 heterocycles. The lowest BCUT2D eigenvalue weighted by Gasteiger charge is -2.23. The predicted molar refractivity (Wildman–Crippen MR) is 81.4 cm³/mol. The molecule has 7 nitrogen and oxygen atoms in total. The van der Waals surface area contributed by atoms with Gasteiger partial charge in [0.25, 0.3) is 0 Å². The van der Waals surface area contributed by atoms with Crippen molar-refractivity contribution in [3.63, 3.8) is 0 Å². The maximum atomic E-state index is 10.9. The van der Waals surface area contributed by atoms with Gasteiger partial charge in [0.2, 0.25) is 0 Å². The zero-order valence-corrected chi connectivity index (χ0v) is 14.3. The number of ether oxygens (including phenoxy) is 2. The summed E-state index contributed by atoms with van der Waals surface area (Å²) in [5, 5.41) is 17.0. The van der Waals surface area contributed by atoms with Crippen LogP contribution < -0.4 is 5.73 Å². The predicted octanol–water partition coefficient (Wildman–Crippen LogP) is 1.76. The summed E-state index contributed by atoms with van der Waals surface area (Å²) in [4.78, 5) is 21.0. The fourth-order valence-corrected chi connectivity index (χ4v) is 1.85. The minimum Gasteiger partial charge on any atom is -0.456 e. The Bertz CT molecular complexity index is 395. The van der Waals surface area contributed by atoms with Crippen molar-refractivity contribution in [3.05, 3.63) is 0 Å². The van der Waals surface area contributed by atoms with E-state index in [0.717, 1.165) is 6.42 Å². The highest BCUT2D eigenvalue weighted by Crippen LogP contribution is 2.55. The van der Waals surface area contributed by atoms with Crippen LogP contribution in [0.1, 0.15) is 48.0 Å². The number of carbonyl (C=O) groups excluding carboxylic acids is 1. The van der Waals surface area contributed by atoms with Crippen molar-refractivity contribution in [2.45, 2.75) is 65.7 Å². The molecule has 4 N–H and O–H groups in total. The van der Waals surface area contributed by atoms with E-state index in [1.807, 2.05) is 6.92 Å². The molecule has 22 heavy (non-hydrogen) atoms. The van der Waals surface area contributed by atoms with Crippen molar-refractivity contribution in [2.75, 3.05) is 6.61 Å². The first-order valence-corrected chi connectivity index (χ1v) is 7.34. The van der Waals surface area contributed by atoms with Gasteiger partial charge in [-0.15, -0.1) is 0 Å². The lowest BCUT2D eigenvalue weighted by Crippen LogP contribution is -2.38. The summed E-state index contributed by atoms with van der Waals surface area (Å²) >= 11 is 0. The molecule has 0 amide bonds. The van der Waals surface area contributed by atoms with E-state index < -0.39 is 23.8 Å². The summed E-state index contributed by atoms with van der Waals surface area (Å²) in [5.41, 5.74) is 4.51. The molecule has 1 fully saturated rings. The first kappa shape index (κ1) is 20.7. The Hall–Kier alpha value is -1.34. The van der Waals surface area contributed by atoms with E-state index in [1.54, 1.807) is 13.8 Å². The molecule has 1 saturated carbocycles. The molecule has 130 valence electrons. The van der Waals surface area contributed by atoms with Gasteiger partial charge in [0, 0.05) is 5.41 Å². The Morgan fingerprint density at radius 2 is 1.86 bits per heavy atom. The number of carbonyl (C=O) groups is 2. The van der Waals surface area contributed by atoms with Crippen LogP contribution in [0.4, 0.5) is 4.79 Å². The molecule has 7 heteroatoms. The molecular formula is C15H29NO6. The molecule has 0 radical (unpaired) electrons. The molecule has 0 aliphatic heterocycles. The van der Waals surface area contributed by atoms with E-state index >= 15 is 0 Å². The number of nitrogens with two attached hydrogens (primary N) is 1. The van der Waals surface area contributed by atoms with Crippen molar-refractivity contribution in [1.82, 2.24) is 0 Å². The molecule has 0 aromatic heterocycles. The summed E-state index contributed by atoms with van der Waals surface area (Å²) < 4.78 is 9.50. The fraction of sp³-hybridized carbons (Fsp3) is 0.867. The Balaban J connectivity index is 0.000000401. The molecule has 1 aliphatic rings. The van der Waals surface area contributed by atoms with Gasteiger partial charge in [-0.2, -0.15) is 0 Å². The number of hydrogen-bond acceptors (Lipinski definition) is 6. The topological polar surface area (TPSA) is 119 Å². The number of carboxylic acid groups (broad SMARTS) is 1. The molecule has 4 unspecified atom stereocenters. The van der Waals surface area contributed by atoms with Crippen LogP contribution in [0.2, 0.25) is 0 Å². The van der Waals surface area contributed by atoms with E-state index in [-0.39, 0.29) is 18.1 Å². The number of esters is 1. The molecule has 4 atom stereocenters. The summed E-state index contributed by atoms with van der Waals surface area (Å²) in [6.07, 6.45) is -0.269. The van der Waals surface area contributed by atoms with Gasteiger partial charge in [0.1, 0.15) is 17.7 Å². The highest BCUT2D eigenvalue weighted by atomic mass is 16.7. The van der Waals surface area contributed by atoms with Crippen LogP contribution in [0.25, 0.3) is 0 Å². The second kappa shape index (κ2) is 7.78. The third-order valence-corrected chi connectivity index (χ3v) is 4.05. The van der Waals surface area contributed by atoms with E-state index in [2.05, 4.69) is 18.6 Å². The van der Waals surface area contributed by atoms with Crippen LogP contribution in [0.3, 0.4) is 0 Å². The number of aliphatic hydroxyl groups is 1. The van der Waals surface area contributed by atoms with Gasteiger partial charge >= 0.3 is 12.1 Å². The van der Waals surface area contributed by atoms with Gasteiger partial charge in [-0.3, -0.25) is 4.79 Å². The minimum absolute atomic E-state index is 0.0956. The van der Waals surface area contributed by atoms with Crippen LogP contribution in [0, 0.1) is 11.3 Å². The van der Waals surface area contributed by atoms with Crippen molar-refractivity contribution in [1.29, 1.82) is 0 Å². The molecule has 1 rings (SSSR count). The summed E-state index contributed by atoms with van der Waals surface area (Å²) in [7, 11) is 0. The van der Waals surface area contributed by atoms with Crippen LogP contribution >= 0.6 is 0 Å². The lowest BCUT2D eigenvalue weighted by molar-refractivity contribution is -0.161. The van der Waals surface area contributed by atoms with E-state index in [1.165, 1.54) is 6.92 Å². The molecule has 0 spiro atoms. The third kappa shape index (κ3) is 6.62. The SMILES string of the molecule is CC(N)C(=O)OC(C)(C)CO.CC1CC1(C)C(C)OC(=O)O. The highest BCUT2D eigenvalue weighted by molar-refractivity contribution is 5.75. The molecule has 0 aromatic rings. The van der Waals surface area contributed by atoms with E-state index in [0.29, 0.717) is 5.92 Å². The number of rotatable bonds is 5. The van der Waals surface area contributed by atoms with Crippen LogP contribution in [0.15, 0.2) is 0 Å². The monoisotopic (exact) mass is 319 g/mol. The highest BCUT2D eigenvalue weighted by Gasteiger charge is 2.52. The van der Waals surface area contributed by atoms with Crippen LogP contribution in [-0.4, -0.2) is 46.7 Å². The van der Waals surface area contributed by atoms with Gasteiger partial charge in [0.05, 0.1) is 6.61 Å². The maximum absolute atomic E-state index is 10.9. The van der Waals surface area contributed by atoms with Gasteiger partial charge in [-0.25, -0.2) is 4.79 Å². The smallest absolute Gasteiger partial charge is 0.456 e. The molecule has 0 saturated heterocycles. The van der Waals surface area contributed by atoms with Gasteiger partial charge < -0.3 is 25.4 Å². The van der Waals surface area contributed by atoms with E-state index in [9.17, 15) is 9.59 Å². The lowest BCUT2D eigenvalue weighted by atomic mass is 10.0. The summed E-state index contributed by atoms with van der Waals surface area (Å²) in [6, 6.07) is -0.638. The Labute approximate surface area is 131 Å². The minimum atomic E-state index is -1.17. The van der Waals surface area contributed by atoms with Crippen molar-refractivity contribution in [3.8, 4) is 0 Å². The fourth-order valence-electron chi connectivity index (χ4n) is 1.85. The average Bonchev–Trinajstić information content (AvgIpc) is 2.98. The van der Waals surface area contributed by atoms with Crippen LogP contribution in [0.5, 0.6) is 0 Å². The number of aliphatic hydroxyl groups excluding tert-OH is 1. The number of hydrogen-bond donors (Lipinski definition) is 3. The van der Waals surface area contributed by atoms with Gasteiger partial charge in [-0.1, -0.05) is 13.8 Å². The maximum Gasteiger partial charge on any atom is 0.506 e. The molecule has 0 bridgehead atoms. The molecule has 1 aliphatic carbocycles. The van der Waals surface area contributed by atoms with Gasteiger partial charge in [0.15, 0.2) is 0 Å². The zero-order chi connectivity index (χ0) is 17.7.